The second-order valence-corrected chi connectivity index (χ2v) is 7.21. The van der Waals surface area contributed by atoms with Crippen molar-refractivity contribution in [3.05, 3.63) is 102 Å². The Morgan fingerprint density at radius 3 is 2.28 bits per heavy atom. The molecule has 0 heterocycles. The predicted molar refractivity (Wildman–Crippen MR) is 118 cm³/mol. The van der Waals surface area contributed by atoms with Gasteiger partial charge in [-0.15, -0.1) is 0 Å². The van der Waals surface area contributed by atoms with Gasteiger partial charge in [0, 0.05) is 5.56 Å². The van der Waals surface area contributed by atoms with Crippen molar-refractivity contribution >= 4 is 5.91 Å². The van der Waals surface area contributed by atoms with Crippen LogP contribution >= 0.6 is 0 Å². The molecule has 150 valence electrons. The van der Waals surface area contributed by atoms with Crippen LogP contribution in [0.15, 0.2) is 84.9 Å². The smallest absolute Gasteiger partial charge is 0.225 e. The molecular weight excluding hydrogens is 358 g/mol. The molecule has 0 aromatic heterocycles. The van der Waals surface area contributed by atoms with Gasteiger partial charge in [-0.1, -0.05) is 92.2 Å². The van der Waals surface area contributed by atoms with Crippen molar-refractivity contribution in [3.63, 3.8) is 0 Å². The third kappa shape index (κ3) is 6.49. The Balaban J connectivity index is 1.70. The van der Waals surface area contributed by atoms with E-state index >= 15 is 0 Å². The Bertz CT molecular complexity index is 877. The standard InChI is InChI=1S/C26H29NO2/c1-2-3-18-29-25-17-11-10-16-23(25)20-26(28)27-24(22-14-8-5-9-15-22)19-21-12-6-4-7-13-21/h4-17,24H,2-3,18-20H2,1H3,(H,27,28). The van der Waals surface area contributed by atoms with Gasteiger partial charge in [0.15, 0.2) is 0 Å². The minimum atomic E-state index is -0.0701. The SMILES string of the molecule is CCCCOc1ccccc1CC(=O)NC(Cc1ccccc1)c1ccccc1. The molecule has 0 saturated carbocycles. The molecule has 3 rings (SSSR count). The fourth-order valence-corrected chi connectivity index (χ4v) is 3.32. The van der Waals surface area contributed by atoms with Gasteiger partial charge < -0.3 is 10.1 Å². The van der Waals surface area contributed by atoms with Crippen LogP contribution in [-0.4, -0.2) is 12.5 Å². The van der Waals surface area contributed by atoms with Gasteiger partial charge in [-0.2, -0.15) is 0 Å². The highest BCUT2D eigenvalue weighted by atomic mass is 16.5. The molecule has 0 fully saturated rings. The van der Waals surface area contributed by atoms with Crippen LogP contribution in [-0.2, 0) is 17.6 Å². The van der Waals surface area contributed by atoms with Crippen LogP contribution in [0.2, 0.25) is 0 Å². The lowest BCUT2D eigenvalue weighted by molar-refractivity contribution is -0.121. The van der Waals surface area contributed by atoms with Crippen molar-refractivity contribution in [3.8, 4) is 5.75 Å². The molecular formula is C26H29NO2. The summed E-state index contributed by atoms with van der Waals surface area (Å²) >= 11 is 0. The lowest BCUT2D eigenvalue weighted by Gasteiger charge is -2.20. The summed E-state index contributed by atoms with van der Waals surface area (Å²) in [5.74, 6) is 0.803. The van der Waals surface area contributed by atoms with E-state index in [1.165, 1.54) is 5.56 Å². The van der Waals surface area contributed by atoms with Gasteiger partial charge in [-0.05, 0) is 30.0 Å². The monoisotopic (exact) mass is 387 g/mol. The fraction of sp³-hybridized carbons (Fsp3) is 0.269. The summed E-state index contributed by atoms with van der Waals surface area (Å²) in [5.41, 5.74) is 3.23. The molecule has 0 spiro atoms. The molecule has 0 aliphatic carbocycles. The maximum atomic E-state index is 12.9. The van der Waals surface area contributed by atoms with Crippen molar-refractivity contribution in [2.24, 2.45) is 0 Å². The first-order valence-corrected chi connectivity index (χ1v) is 10.3. The summed E-state index contributed by atoms with van der Waals surface area (Å²) in [7, 11) is 0. The summed E-state index contributed by atoms with van der Waals surface area (Å²) in [4.78, 5) is 12.9. The number of nitrogens with one attached hydrogen (secondary N) is 1. The molecule has 0 saturated heterocycles. The van der Waals surface area contributed by atoms with Gasteiger partial charge >= 0.3 is 0 Å². The summed E-state index contributed by atoms with van der Waals surface area (Å²) in [5, 5.41) is 3.23. The maximum absolute atomic E-state index is 12.9. The van der Waals surface area contributed by atoms with E-state index in [0.717, 1.165) is 36.1 Å². The van der Waals surface area contributed by atoms with Crippen molar-refractivity contribution in [2.45, 2.75) is 38.6 Å². The molecule has 1 N–H and O–H groups in total. The minimum Gasteiger partial charge on any atom is -0.493 e. The van der Waals surface area contributed by atoms with Gasteiger partial charge in [0.2, 0.25) is 5.91 Å². The van der Waals surface area contributed by atoms with Crippen LogP contribution in [0.3, 0.4) is 0 Å². The molecule has 1 atom stereocenters. The summed E-state index contributed by atoms with van der Waals surface area (Å²) in [6.45, 7) is 2.81. The highest BCUT2D eigenvalue weighted by Gasteiger charge is 2.17. The van der Waals surface area contributed by atoms with Crippen molar-refractivity contribution in [2.75, 3.05) is 6.61 Å². The van der Waals surface area contributed by atoms with Crippen LogP contribution in [0.4, 0.5) is 0 Å². The van der Waals surface area contributed by atoms with Gasteiger partial charge in [-0.3, -0.25) is 4.79 Å². The molecule has 0 radical (unpaired) electrons. The molecule has 0 bridgehead atoms. The number of carbonyl (C=O) groups is 1. The second-order valence-electron chi connectivity index (χ2n) is 7.21. The first-order chi connectivity index (χ1) is 14.3. The molecule has 3 nitrogen and oxygen atoms in total. The van der Waals surface area contributed by atoms with E-state index in [0.29, 0.717) is 13.0 Å². The van der Waals surface area contributed by atoms with Gasteiger partial charge in [0.1, 0.15) is 5.75 Å². The minimum absolute atomic E-state index is 0.00123. The number of ether oxygens (including phenoxy) is 1. The number of hydrogen-bond donors (Lipinski definition) is 1. The second kappa shape index (κ2) is 11.1. The van der Waals surface area contributed by atoms with E-state index in [9.17, 15) is 4.79 Å². The van der Waals surface area contributed by atoms with E-state index in [-0.39, 0.29) is 11.9 Å². The lowest BCUT2D eigenvalue weighted by atomic mass is 9.98. The van der Waals surface area contributed by atoms with Gasteiger partial charge in [-0.25, -0.2) is 0 Å². The Labute approximate surface area is 173 Å². The zero-order chi connectivity index (χ0) is 20.3. The number of rotatable bonds is 10. The van der Waals surface area contributed by atoms with Crippen LogP contribution in [0, 0.1) is 0 Å². The normalized spacial score (nSPS) is 11.6. The quantitative estimate of drug-likeness (QED) is 0.466. The Morgan fingerprint density at radius 2 is 1.55 bits per heavy atom. The van der Waals surface area contributed by atoms with Gasteiger partial charge in [0.05, 0.1) is 19.1 Å². The predicted octanol–water partition coefficient (Wildman–Crippen LogP) is 5.51. The van der Waals surface area contributed by atoms with E-state index in [4.69, 9.17) is 4.74 Å². The van der Waals surface area contributed by atoms with Crippen LogP contribution in [0.25, 0.3) is 0 Å². The fourth-order valence-electron chi connectivity index (χ4n) is 3.32. The molecule has 0 aliphatic rings. The number of benzene rings is 3. The van der Waals surface area contributed by atoms with Gasteiger partial charge in [0.25, 0.3) is 0 Å². The zero-order valence-corrected chi connectivity index (χ0v) is 17.0. The summed E-state index contributed by atoms with van der Waals surface area (Å²) < 4.78 is 5.88. The van der Waals surface area contributed by atoms with Crippen LogP contribution in [0.5, 0.6) is 5.75 Å². The first-order valence-electron chi connectivity index (χ1n) is 10.3. The Hall–Kier alpha value is -3.07. The highest BCUT2D eigenvalue weighted by molar-refractivity contribution is 5.79. The van der Waals surface area contributed by atoms with Crippen molar-refractivity contribution in [1.82, 2.24) is 5.32 Å². The number of carbonyl (C=O) groups excluding carboxylic acids is 1. The highest BCUT2D eigenvalue weighted by Crippen LogP contribution is 2.21. The van der Waals surface area contributed by atoms with E-state index in [2.05, 4.69) is 36.5 Å². The maximum Gasteiger partial charge on any atom is 0.225 e. The molecule has 29 heavy (non-hydrogen) atoms. The third-order valence-electron chi connectivity index (χ3n) is 4.90. The van der Waals surface area contributed by atoms with Crippen LogP contribution < -0.4 is 10.1 Å². The topological polar surface area (TPSA) is 38.3 Å². The Morgan fingerprint density at radius 1 is 0.897 bits per heavy atom. The van der Waals surface area contributed by atoms with E-state index in [1.54, 1.807) is 0 Å². The third-order valence-corrected chi connectivity index (χ3v) is 4.90. The summed E-state index contributed by atoms with van der Waals surface area (Å²) in [6.07, 6.45) is 3.15. The number of amides is 1. The average Bonchev–Trinajstić information content (AvgIpc) is 2.76. The molecule has 1 amide bonds. The van der Waals surface area contributed by atoms with Crippen molar-refractivity contribution in [1.29, 1.82) is 0 Å². The van der Waals surface area contributed by atoms with Crippen LogP contribution in [0.1, 0.15) is 42.5 Å². The average molecular weight is 388 g/mol. The summed E-state index contributed by atoms with van der Waals surface area (Å²) in [6, 6.07) is 28.1. The lowest BCUT2D eigenvalue weighted by Crippen LogP contribution is -2.31. The molecule has 0 aliphatic heterocycles. The number of hydrogen-bond acceptors (Lipinski definition) is 2. The molecule has 1 unspecified atom stereocenters. The molecule has 3 aromatic rings. The van der Waals surface area contributed by atoms with E-state index < -0.39 is 0 Å². The number of para-hydroxylation sites is 1. The zero-order valence-electron chi connectivity index (χ0n) is 17.0. The largest absolute Gasteiger partial charge is 0.493 e. The molecule has 3 heteroatoms. The first kappa shape index (κ1) is 20.7. The van der Waals surface area contributed by atoms with Crippen molar-refractivity contribution < 1.29 is 9.53 Å². The van der Waals surface area contributed by atoms with E-state index in [1.807, 2.05) is 60.7 Å². The Kier molecular flexibility index (Phi) is 7.88. The number of unbranched alkanes of at least 4 members (excludes halogenated alkanes) is 1. The molecule has 3 aromatic carbocycles.